The largest absolute Gasteiger partial charge is 0.366 e. The highest BCUT2D eigenvalue weighted by atomic mass is 16.5. The van der Waals surface area contributed by atoms with E-state index < -0.39 is 0 Å². The first-order valence-electron chi connectivity index (χ1n) is 2.47. The smallest absolute Gasteiger partial charge is 0.133 e. The molecule has 2 heteroatoms. The molecule has 0 aromatic heterocycles. The normalized spacial score (nSPS) is 7.88. The molecule has 0 saturated heterocycles. The number of hydrogen-bond acceptors (Lipinski definition) is 2. The Balaban J connectivity index is 2.74. The fourth-order valence-electron chi connectivity index (χ4n) is 0.284. The zero-order valence-electron chi connectivity index (χ0n) is 4.76. The summed E-state index contributed by atoms with van der Waals surface area (Å²) < 4.78 is 4.79. The van der Waals surface area contributed by atoms with E-state index in [0.717, 1.165) is 6.42 Å². The van der Waals surface area contributed by atoms with E-state index in [-0.39, 0.29) is 6.61 Å². The van der Waals surface area contributed by atoms with Crippen LogP contribution in [0, 0.1) is 11.3 Å². The minimum absolute atomic E-state index is 0.188. The zero-order valence-corrected chi connectivity index (χ0v) is 4.76. The van der Waals surface area contributed by atoms with Gasteiger partial charge in [0, 0.05) is 0 Å². The summed E-state index contributed by atoms with van der Waals surface area (Å²) in [6, 6.07) is 1.87. The Morgan fingerprint density at radius 2 is 2.50 bits per heavy atom. The molecule has 0 radical (unpaired) electrons. The lowest BCUT2D eigenvalue weighted by molar-refractivity contribution is 0.171. The van der Waals surface area contributed by atoms with Crippen LogP contribution in [-0.4, -0.2) is 13.2 Å². The average molecular weight is 111 g/mol. The van der Waals surface area contributed by atoms with Gasteiger partial charge in [-0.15, -0.1) is 6.58 Å². The van der Waals surface area contributed by atoms with Gasteiger partial charge in [-0.25, -0.2) is 0 Å². The van der Waals surface area contributed by atoms with Crippen LogP contribution in [0.5, 0.6) is 0 Å². The van der Waals surface area contributed by atoms with Crippen molar-refractivity contribution in [3.8, 4) is 6.07 Å². The standard InChI is InChI=1S/C6H9NO/c1-2-3-5-8-6-4-7/h2H,1,3,5-6H2. The molecule has 8 heavy (non-hydrogen) atoms. The summed E-state index contributed by atoms with van der Waals surface area (Å²) in [7, 11) is 0. The van der Waals surface area contributed by atoms with Gasteiger partial charge in [0.15, 0.2) is 0 Å². The third-order valence-corrected chi connectivity index (χ3v) is 0.633. The third kappa shape index (κ3) is 5.19. The van der Waals surface area contributed by atoms with E-state index in [9.17, 15) is 0 Å². The first-order valence-corrected chi connectivity index (χ1v) is 2.47. The van der Waals surface area contributed by atoms with Crippen LogP contribution in [0.3, 0.4) is 0 Å². The average Bonchev–Trinajstić information content (AvgIpc) is 1.81. The van der Waals surface area contributed by atoms with Gasteiger partial charge in [-0.1, -0.05) is 6.08 Å². The second-order valence-corrected chi connectivity index (χ2v) is 1.29. The van der Waals surface area contributed by atoms with E-state index in [0.29, 0.717) is 6.61 Å². The highest BCUT2D eigenvalue weighted by molar-refractivity contribution is 4.68. The molecule has 0 N–H and O–H groups in total. The Hall–Kier alpha value is -0.810. The number of nitrogens with zero attached hydrogens (tertiary/aromatic N) is 1. The van der Waals surface area contributed by atoms with Crippen molar-refractivity contribution in [3.63, 3.8) is 0 Å². The SMILES string of the molecule is C=CCCOCC#N. The first kappa shape index (κ1) is 7.19. The van der Waals surface area contributed by atoms with E-state index in [1.807, 2.05) is 6.07 Å². The summed E-state index contributed by atoms with van der Waals surface area (Å²) >= 11 is 0. The molecule has 0 aliphatic rings. The molecule has 0 aliphatic carbocycles. The van der Waals surface area contributed by atoms with Gasteiger partial charge in [-0.3, -0.25) is 0 Å². The van der Waals surface area contributed by atoms with Gasteiger partial charge in [0.2, 0.25) is 0 Å². The molecule has 0 heterocycles. The van der Waals surface area contributed by atoms with Crippen LogP contribution in [0.25, 0.3) is 0 Å². The van der Waals surface area contributed by atoms with Gasteiger partial charge in [0.1, 0.15) is 6.61 Å². The lowest BCUT2D eigenvalue weighted by Crippen LogP contribution is -1.91. The van der Waals surface area contributed by atoms with Gasteiger partial charge in [-0.2, -0.15) is 5.26 Å². The molecule has 0 bridgehead atoms. The van der Waals surface area contributed by atoms with Crippen LogP contribution in [0.2, 0.25) is 0 Å². The quantitative estimate of drug-likeness (QED) is 0.402. The molecule has 2 nitrogen and oxygen atoms in total. The van der Waals surface area contributed by atoms with Crippen LogP contribution in [0.4, 0.5) is 0 Å². The van der Waals surface area contributed by atoms with Gasteiger partial charge in [0.25, 0.3) is 0 Å². The molecule has 0 amide bonds. The highest BCUT2D eigenvalue weighted by Crippen LogP contribution is 1.80. The zero-order chi connectivity index (χ0) is 6.24. The van der Waals surface area contributed by atoms with Crippen molar-refractivity contribution >= 4 is 0 Å². The molecule has 0 aliphatic heterocycles. The topological polar surface area (TPSA) is 33.0 Å². The van der Waals surface area contributed by atoms with Gasteiger partial charge in [0.05, 0.1) is 12.7 Å². The van der Waals surface area contributed by atoms with E-state index >= 15 is 0 Å². The summed E-state index contributed by atoms with van der Waals surface area (Å²) in [5, 5.41) is 7.96. The maximum atomic E-state index is 7.96. The van der Waals surface area contributed by atoms with E-state index in [1.54, 1.807) is 6.08 Å². The number of ether oxygens (including phenoxy) is 1. The Morgan fingerprint density at radius 1 is 1.75 bits per heavy atom. The molecule has 0 saturated carbocycles. The molecular formula is C6H9NO. The third-order valence-electron chi connectivity index (χ3n) is 0.633. The summed E-state index contributed by atoms with van der Waals surface area (Å²) in [5.41, 5.74) is 0. The number of hydrogen-bond donors (Lipinski definition) is 0. The predicted molar refractivity (Wildman–Crippen MR) is 31.2 cm³/mol. The number of rotatable bonds is 4. The van der Waals surface area contributed by atoms with E-state index in [2.05, 4.69) is 6.58 Å². The lowest BCUT2D eigenvalue weighted by Gasteiger charge is -1.91. The predicted octanol–water partition coefficient (Wildman–Crippen LogP) is 1.10. The fourth-order valence-corrected chi connectivity index (χ4v) is 0.284. The molecule has 0 rings (SSSR count). The second-order valence-electron chi connectivity index (χ2n) is 1.29. The molecule has 0 aromatic carbocycles. The Kier molecular flexibility index (Phi) is 5.56. The van der Waals surface area contributed by atoms with Crippen molar-refractivity contribution in [1.82, 2.24) is 0 Å². The van der Waals surface area contributed by atoms with Crippen molar-refractivity contribution in [2.75, 3.05) is 13.2 Å². The van der Waals surface area contributed by atoms with Crippen LogP contribution < -0.4 is 0 Å². The summed E-state index contributed by atoms with van der Waals surface area (Å²) in [4.78, 5) is 0. The van der Waals surface area contributed by atoms with Crippen molar-refractivity contribution in [3.05, 3.63) is 12.7 Å². The van der Waals surface area contributed by atoms with Crippen molar-refractivity contribution in [2.24, 2.45) is 0 Å². The highest BCUT2D eigenvalue weighted by Gasteiger charge is 1.79. The maximum absolute atomic E-state index is 7.96. The Bertz CT molecular complexity index is 93.2. The van der Waals surface area contributed by atoms with Crippen LogP contribution in [0.15, 0.2) is 12.7 Å². The second kappa shape index (κ2) is 6.19. The molecule has 0 atom stereocenters. The Labute approximate surface area is 49.4 Å². The van der Waals surface area contributed by atoms with Gasteiger partial charge < -0.3 is 4.74 Å². The Morgan fingerprint density at radius 3 is 3.00 bits per heavy atom. The van der Waals surface area contributed by atoms with Crippen LogP contribution in [-0.2, 0) is 4.74 Å². The summed E-state index contributed by atoms with van der Waals surface area (Å²) in [6.45, 7) is 4.29. The lowest BCUT2D eigenvalue weighted by atomic mass is 10.5. The molecule has 0 fully saturated rings. The molecular weight excluding hydrogens is 102 g/mol. The van der Waals surface area contributed by atoms with E-state index in [1.165, 1.54) is 0 Å². The molecule has 0 aromatic rings. The molecule has 0 spiro atoms. The van der Waals surface area contributed by atoms with Crippen molar-refractivity contribution in [1.29, 1.82) is 5.26 Å². The minimum atomic E-state index is 0.188. The summed E-state index contributed by atoms with van der Waals surface area (Å²) in [5.74, 6) is 0. The first-order chi connectivity index (χ1) is 3.91. The minimum Gasteiger partial charge on any atom is -0.366 e. The molecule has 44 valence electrons. The van der Waals surface area contributed by atoms with Crippen molar-refractivity contribution < 1.29 is 4.74 Å². The number of nitriles is 1. The monoisotopic (exact) mass is 111 g/mol. The molecule has 0 unspecified atom stereocenters. The maximum Gasteiger partial charge on any atom is 0.133 e. The van der Waals surface area contributed by atoms with Gasteiger partial charge >= 0.3 is 0 Å². The van der Waals surface area contributed by atoms with E-state index in [4.69, 9.17) is 10.00 Å². The van der Waals surface area contributed by atoms with Crippen LogP contribution >= 0.6 is 0 Å². The van der Waals surface area contributed by atoms with Crippen molar-refractivity contribution in [2.45, 2.75) is 6.42 Å². The van der Waals surface area contributed by atoms with Crippen LogP contribution in [0.1, 0.15) is 6.42 Å². The van der Waals surface area contributed by atoms with Gasteiger partial charge in [-0.05, 0) is 6.42 Å². The fraction of sp³-hybridized carbons (Fsp3) is 0.500. The summed E-state index contributed by atoms with van der Waals surface area (Å²) in [6.07, 6.45) is 2.58.